The molecule has 3 atom stereocenters. The highest BCUT2D eigenvalue weighted by Crippen LogP contribution is 2.27. The Morgan fingerprint density at radius 1 is 1.09 bits per heavy atom. The SMILES string of the molecule is O[C@@H]1CC[NH2+][C@H]2CCCC[C@@H]12. The average Bonchev–Trinajstić information content (AvgIpc) is 2.06. The second-order valence-corrected chi connectivity index (χ2v) is 3.99. The number of quaternary nitrogens is 1. The summed E-state index contributed by atoms with van der Waals surface area (Å²) in [5, 5.41) is 12.1. The van der Waals surface area contributed by atoms with Crippen LogP contribution in [-0.4, -0.2) is 23.8 Å². The third-order valence-electron chi connectivity index (χ3n) is 3.30. The Hall–Kier alpha value is -0.0800. The van der Waals surface area contributed by atoms with Gasteiger partial charge in [-0.15, -0.1) is 0 Å². The van der Waals surface area contributed by atoms with Crippen LogP contribution in [0.2, 0.25) is 0 Å². The molecule has 0 bridgehead atoms. The number of nitrogens with two attached hydrogens (primary N) is 1. The molecule has 1 saturated carbocycles. The lowest BCUT2D eigenvalue weighted by molar-refractivity contribution is -0.710. The van der Waals surface area contributed by atoms with Gasteiger partial charge in [0, 0.05) is 12.3 Å². The molecule has 3 N–H and O–H groups in total. The van der Waals surface area contributed by atoms with Gasteiger partial charge in [0.05, 0.1) is 18.7 Å². The minimum atomic E-state index is 0.0188. The van der Waals surface area contributed by atoms with Crippen LogP contribution >= 0.6 is 0 Å². The molecule has 0 aromatic rings. The molecule has 1 aliphatic heterocycles. The summed E-state index contributed by atoms with van der Waals surface area (Å²) in [5.41, 5.74) is 0. The minimum absolute atomic E-state index is 0.0188. The predicted octanol–water partition coefficient (Wildman–Crippen LogP) is -0.127. The molecule has 1 heterocycles. The van der Waals surface area contributed by atoms with Gasteiger partial charge in [0.1, 0.15) is 0 Å². The first kappa shape index (κ1) is 7.56. The summed E-state index contributed by atoms with van der Waals surface area (Å²) >= 11 is 0. The Bertz CT molecular complexity index is 136. The highest BCUT2D eigenvalue weighted by atomic mass is 16.3. The Morgan fingerprint density at radius 3 is 2.73 bits per heavy atom. The highest BCUT2D eigenvalue weighted by Gasteiger charge is 2.36. The maximum absolute atomic E-state index is 9.68. The van der Waals surface area contributed by atoms with Crippen molar-refractivity contribution in [1.29, 1.82) is 0 Å². The zero-order chi connectivity index (χ0) is 7.68. The third kappa shape index (κ3) is 1.42. The molecule has 0 aromatic carbocycles. The van der Waals surface area contributed by atoms with Gasteiger partial charge in [-0.05, 0) is 19.3 Å². The standard InChI is InChI=1S/C9H17NO/c11-9-5-6-10-8-4-2-1-3-7(8)9/h7-11H,1-6H2/p+1/t7-,8+,9-/m1/s1. The topological polar surface area (TPSA) is 36.8 Å². The van der Waals surface area contributed by atoms with E-state index in [0.717, 1.165) is 19.0 Å². The molecule has 2 rings (SSSR count). The van der Waals surface area contributed by atoms with Gasteiger partial charge in [0.25, 0.3) is 0 Å². The molecule has 0 amide bonds. The van der Waals surface area contributed by atoms with E-state index in [2.05, 4.69) is 5.32 Å². The fraction of sp³-hybridized carbons (Fsp3) is 1.00. The van der Waals surface area contributed by atoms with E-state index >= 15 is 0 Å². The summed E-state index contributed by atoms with van der Waals surface area (Å²) in [7, 11) is 0. The Kier molecular flexibility index (Phi) is 2.14. The molecular formula is C9H18NO+. The first-order chi connectivity index (χ1) is 5.38. The summed E-state index contributed by atoms with van der Waals surface area (Å²) in [6, 6.07) is 0.757. The maximum Gasteiger partial charge on any atom is 0.0912 e. The summed E-state index contributed by atoms with van der Waals surface area (Å²) in [6.07, 6.45) is 6.35. The number of hydrogen-bond acceptors (Lipinski definition) is 1. The van der Waals surface area contributed by atoms with E-state index in [1.165, 1.54) is 25.7 Å². The molecule has 64 valence electrons. The van der Waals surface area contributed by atoms with Crippen LogP contribution in [0.1, 0.15) is 32.1 Å². The zero-order valence-electron chi connectivity index (χ0n) is 7.00. The molecule has 11 heavy (non-hydrogen) atoms. The van der Waals surface area contributed by atoms with E-state index < -0.39 is 0 Å². The van der Waals surface area contributed by atoms with Gasteiger partial charge >= 0.3 is 0 Å². The molecule has 0 radical (unpaired) electrons. The first-order valence-corrected chi connectivity index (χ1v) is 4.89. The van der Waals surface area contributed by atoms with Gasteiger partial charge in [-0.1, -0.05) is 6.42 Å². The van der Waals surface area contributed by atoms with E-state index in [1.54, 1.807) is 0 Å². The van der Waals surface area contributed by atoms with Crippen molar-refractivity contribution in [2.24, 2.45) is 5.92 Å². The normalized spacial score (nSPS) is 45.0. The monoisotopic (exact) mass is 156 g/mol. The Morgan fingerprint density at radius 2 is 1.91 bits per heavy atom. The number of aliphatic hydroxyl groups is 1. The van der Waals surface area contributed by atoms with Crippen molar-refractivity contribution in [3.05, 3.63) is 0 Å². The van der Waals surface area contributed by atoms with Crippen LogP contribution in [0.4, 0.5) is 0 Å². The molecule has 0 spiro atoms. The largest absolute Gasteiger partial charge is 0.392 e. The fourth-order valence-electron chi connectivity index (χ4n) is 2.65. The molecule has 1 aliphatic carbocycles. The zero-order valence-corrected chi connectivity index (χ0v) is 7.00. The average molecular weight is 156 g/mol. The summed E-state index contributed by atoms with van der Waals surface area (Å²) in [6.45, 7) is 1.14. The lowest BCUT2D eigenvalue weighted by atomic mass is 9.78. The molecule has 2 nitrogen and oxygen atoms in total. The number of fused-ring (bicyclic) bond motifs is 1. The molecule has 0 aromatic heterocycles. The number of piperidine rings is 1. The van der Waals surface area contributed by atoms with Crippen LogP contribution in [0.15, 0.2) is 0 Å². The molecule has 0 unspecified atom stereocenters. The van der Waals surface area contributed by atoms with Crippen molar-refractivity contribution in [2.75, 3.05) is 6.54 Å². The summed E-state index contributed by atoms with van der Waals surface area (Å²) in [4.78, 5) is 0. The molecule has 2 aliphatic rings. The van der Waals surface area contributed by atoms with Crippen LogP contribution < -0.4 is 5.32 Å². The van der Waals surface area contributed by atoms with Crippen molar-refractivity contribution in [3.63, 3.8) is 0 Å². The van der Waals surface area contributed by atoms with E-state index in [0.29, 0.717) is 5.92 Å². The van der Waals surface area contributed by atoms with Gasteiger partial charge in [-0.3, -0.25) is 0 Å². The molecule has 2 fully saturated rings. The fourth-order valence-corrected chi connectivity index (χ4v) is 2.65. The van der Waals surface area contributed by atoms with Crippen molar-refractivity contribution in [3.8, 4) is 0 Å². The summed E-state index contributed by atoms with van der Waals surface area (Å²) < 4.78 is 0. The maximum atomic E-state index is 9.68. The number of rotatable bonds is 0. The van der Waals surface area contributed by atoms with Crippen LogP contribution in [0.5, 0.6) is 0 Å². The number of hydrogen-bond donors (Lipinski definition) is 2. The second kappa shape index (κ2) is 3.11. The van der Waals surface area contributed by atoms with Crippen molar-refractivity contribution >= 4 is 0 Å². The minimum Gasteiger partial charge on any atom is -0.392 e. The third-order valence-corrected chi connectivity index (χ3v) is 3.30. The van der Waals surface area contributed by atoms with Crippen molar-refractivity contribution in [2.45, 2.75) is 44.2 Å². The van der Waals surface area contributed by atoms with Crippen molar-refractivity contribution in [1.82, 2.24) is 0 Å². The van der Waals surface area contributed by atoms with Gasteiger partial charge in [0.15, 0.2) is 0 Å². The molecular weight excluding hydrogens is 138 g/mol. The van der Waals surface area contributed by atoms with Crippen LogP contribution in [0.25, 0.3) is 0 Å². The van der Waals surface area contributed by atoms with Gasteiger partial charge < -0.3 is 10.4 Å². The lowest BCUT2D eigenvalue weighted by Gasteiger charge is -2.36. The van der Waals surface area contributed by atoms with Crippen LogP contribution in [0, 0.1) is 5.92 Å². The van der Waals surface area contributed by atoms with Crippen molar-refractivity contribution < 1.29 is 10.4 Å². The van der Waals surface area contributed by atoms with Crippen LogP contribution in [-0.2, 0) is 0 Å². The van der Waals surface area contributed by atoms with E-state index in [-0.39, 0.29) is 6.10 Å². The smallest absolute Gasteiger partial charge is 0.0912 e. The lowest BCUT2D eigenvalue weighted by Crippen LogP contribution is -2.94. The second-order valence-electron chi connectivity index (χ2n) is 3.99. The quantitative estimate of drug-likeness (QED) is 0.504. The Labute approximate surface area is 68.0 Å². The van der Waals surface area contributed by atoms with E-state index in [1.807, 2.05) is 0 Å². The Balaban J connectivity index is 1.99. The highest BCUT2D eigenvalue weighted by molar-refractivity contribution is 4.81. The first-order valence-electron chi connectivity index (χ1n) is 4.89. The predicted molar refractivity (Wildman–Crippen MR) is 43.2 cm³/mol. The number of aliphatic hydroxyl groups excluding tert-OH is 1. The van der Waals surface area contributed by atoms with Crippen LogP contribution in [0.3, 0.4) is 0 Å². The van der Waals surface area contributed by atoms with Gasteiger partial charge in [-0.2, -0.15) is 0 Å². The van der Waals surface area contributed by atoms with E-state index in [4.69, 9.17) is 0 Å². The van der Waals surface area contributed by atoms with E-state index in [9.17, 15) is 5.11 Å². The summed E-state index contributed by atoms with van der Waals surface area (Å²) in [5.74, 6) is 0.623. The molecule has 1 saturated heterocycles. The molecule has 2 heteroatoms. The van der Waals surface area contributed by atoms with Gasteiger partial charge in [0.2, 0.25) is 0 Å². The van der Waals surface area contributed by atoms with Gasteiger partial charge in [-0.25, -0.2) is 0 Å².